The zero-order valence-corrected chi connectivity index (χ0v) is 19.9. The topological polar surface area (TPSA) is 115 Å². The van der Waals surface area contributed by atoms with Crippen LogP contribution in [0.1, 0.15) is 40.5 Å². The van der Waals surface area contributed by atoms with Gasteiger partial charge in [0.2, 0.25) is 0 Å². The number of carboxylic acid groups (broad SMARTS) is 1. The second-order valence-corrected chi connectivity index (χ2v) is 8.48. The van der Waals surface area contributed by atoms with Crippen molar-refractivity contribution >= 4 is 17.7 Å². The molecule has 0 aliphatic carbocycles. The molecule has 3 atom stereocenters. The molecule has 3 N–H and O–H groups in total. The molecule has 0 aromatic heterocycles. The number of ketones is 1. The quantitative estimate of drug-likeness (QED) is 0.188. The van der Waals surface area contributed by atoms with E-state index in [0.717, 1.165) is 10.5 Å². The molecule has 1 fully saturated rings. The highest BCUT2D eigenvalue weighted by atomic mass is 16.4. The molecule has 7 heteroatoms. The zero-order valence-electron chi connectivity index (χ0n) is 19.9. The Hall–Kier alpha value is -3.19. The van der Waals surface area contributed by atoms with Gasteiger partial charge < -0.3 is 20.2 Å². The number of allylic oxidation sites excluding steroid dienone is 9. The second-order valence-electron chi connectivity index (χ2n) is 8.48. The number of hydrogen-bond donors (Lipinski definition) is 3. The van der Waals surface area contributed by atoms with E-state index in [1.54, 1.807) is 18.2 Å². The monoisotopic (exact) mass is 457 g/mol. The number of aliphatic carboxylic acids is 1. The van der Waals surface area contributed by atoms with Crippen LogP contribution in [0.15, 0.2) is 71.6 Å². The molecule has 0 aromatic carbocycles. The van der Waals surface area contributed by atoms with Crippen molar-refractivity contribution in [1.82, 2.24) is 4.90 Å². The molecule has 0 aromatic rings. The van der Waals surface area contributed by atoms with Crippen LogP contribution in [0, 0.1) is 11.8 Å². The molecule has 1 aliphatic heterocycles. The summed E-state index contributed by atoms with van der Waals surface area (Å²) in [5.74, 6) is -2.42. The van der Waals surface area contributed by atoms with Crippen molar-refractivity contribution in [2.45, 2.75) is 52.7 Å². The number of likely N-dealkylation sites (N-methyl/N-ethyl adjacent to an activating group) is 1. The van der Waals surface area contributed by atoms with Gasteiger partial charge in [0, 0.05) is 19.4 Å². The maximum Gasteiger partial charge on any atom is 0.303 e. The first kappa shape index (κ1) is 27.8. The van der Waals surface area contributed by atoms with Gasteiger partial charge in [-0.05, 0) is 25.3 Å². The summed E-state index contributed by atoms with van der Waals surface area (Å²) in [6.45, 7) is 7.93. The molecule has 0 saturated carbocycles. The fourth-order valence-electron chi connectivity index (χ4n) is 3.46. The van der Waals surface area contributed by atoms with Crippen LogP contribution in [-0.2, 0) is 14.4 Å². The number of carbonyl (C=O) groups is 3. The molecule has 1 saturated heterocycles. The molecule has 0 radical (unpaired) electrons. The molecule has 0 spiro atoms. The van der Waals surface area contributed by atoms with Crippen LogP contribution < -0.4 is 0 Å². The zero-order chi connectivity index (χ0) is 25.1. The average Bonchev–Trinajstić information content (AvgIpc) is 2.95. The molecule has 7 nitrogen and oxygen atoms in total. The molecular weight excluding hydrogens is 422 g/mol. The van der Waals surface area contributed by atoms with E-state index in [1.165, 1.54) is 19.2 Å². The van der Waals surface area contributed by atoms with Crippen LogP contribution >= 0.6 is 0 Å². The number of hydrogen-bond acceptors (Lipinski definition) is 5. The highest BCUT2D eigenvalue weighted by molar-refractivity contribution is 6.26. The lowest BCUT2D eigenvalue weighted by Crippen LogP contribution is -2.32. The number of Topliss-reactive ketones (excluding diaryl/α,β-unsaturated/α-hetero) is 1. The molecule has 33 heavy (non-hydrogen) atoms. The molecule has 1 amide bonds. The fourth-order valence-corrected chi connectivity index (χ4v) is 3.46. The van der Waals surface area contributed by atoms with E-state index in [0.29, 0.717) is 0 Å². The Balaban J connectivity index is 2.68. The Bertz CT molecular complexity index is 904. The van der Waals surface area contributed by atoms with Gasteiger partial charge in [-0.15, -0.1) is 0 Å². The van der Waals surface area contributed by atoms with Crippen LogP contribution in [-0.4, -0.2) is 57.1 Å². The average molecular weight is 458 g/mol. The summed E-state index contributed by atoms with van der Waals surface area (Å²) < 4.78 is 0. The fraction of sp³-hybridized carbons (Fsp3) is 0.423. The molecule has 0 bridgehead atoms. The Kier molecular flexibility index (Phi) is 11.3. The summed E-state index contributed by atoms with van der Waals surface area (Å²) in [4.78, 5) is 36.6. The van der Waals surface area contributed by atoms with E-state index in [9.17, 15) is 24.6 Å². The highest BCUT2D eigenvalue weighted by Crippen LogP contribution is 2.24. The van der Waals surface area contributed by atoms with Gasteiger partial charge in [-0.1, -0.05) is 75.0 Å². The van der Waals surface area contributed by atoms with Gasteiger partial charge in [-0.3, -0.25) is 14.4 Å². The van der Waals surface area contributed by atoms with Crippen LogP contribution in [0.2, 0.25) is 0 Å². The number of aliphatic hydroxyl groups is 2. The summed E-state index contributed by atoms with van der Waals surface area (Å²) in [5.41, 5.74) is 0.722. The minimum atomic E-state index is -1.05. The SMILES string of the molecule is CC(C=CC=CC=CC=CC(O)=C1C(=O)C(CCC(=O)O)N(C)C1=O)=CC(C)C(O)C(C)C. The van der Waals surface area contributed by atoms with E-state index in [-0.39, 0.29) is 36.4 Å². The molecule has 180 valence electrons. The Labute approximate surface area is 195 Å². The molecule has 1 rings (SSSR count). The number of amides is 1. The van der Waals surface area contributed by atoms with E-state index in [2.05, 4.69) is 0 Å². The van der Waals surface area contributed by atoms with Crippen LogP contribution in [0.3, 0.4) is 0 Å². The highest BCUT2D eigenvalue weighted by Gasteiger charge is 2.42. The van der Waals surface area contributed by atoms with E-state index in [4.69, 9.17) is 5.11 Å². The maximum absolute atomic E-state index is 12.4. The lowest BCUT2D eigenvalue weighted by Gasteiger charge is -2.19. The van der Waals surface area contributed by atoms with Gasteiger partial charge in [0.25, 0.3) is 5.91 Å². The van der Waals surface area contributed by atoms with Crippen molar-refractivity contribution in [3.63, 3.8) is 0 Å². The molecular formula is C26H35NO6. The number of carbonyl (C=O) groups excluding carboxylic acids is 2. The number of nitrogens with zero attached hydrogens (tertiary/aromatic N) is 1. The summed E-state index contributed by atoms with van der Waals surface area (Å²) >= 11 is 0. The maximum atomic E-state index is 12.4. The second kappa shape index (κ2) is 13.4. The first-order valence-corrected chi connectivity index (χ1v) is 11.0. The van der Waals surface area contributed by atoms with Crippen molar-refractivity contribution in [2.24, 2.45) is 11.8 Å². The summed E-state index contributed by atoms with van der Waals surface area (Å²) in [6.07, 6.45) is 15.0. The van der Waals surface area contributed by atoms with Crippen molar-refractivity contribution in [1.29, 1.82) is 0 Å². The van der Waals surface area contributed by atoms with Crippen LogP contribution in [0.5, 0.6) is 0 Å². The summed E-state index contributed by atoms with van der Waals surface area (Å²) in [5, 5.41) is 29.0. The minimum Gasteiger partial charge on any atom is -0.507 e. The number of aliphatic hydroxyl groups excluding tert-OH is 2. The third kappa shape index (κ3) is 8.69. The molecule has 1 heterocycles. The lowest BCUT2D eigenvalue weighted by atomic mass is 9.93. The first-order chi connectivity index (χ1) is 15.5. The Morgan fingerprint density at radius 1 is 1.00 bits per heavy atom. The van der Waals surface area contributed by atoms with Crippen LogP contribution in [0.25, 0.3) is 0 Å². The lowest BCUT2D eigenvalue weighted by molar-refractivity contribution is -0.138. The number of likely N-dealkylation sites (tertiary alicyclic amines) is 1. The molecule has 1 aliphatic rings. The summed E-state index contributed by atoms with van der Waals surface area (Å²) in [7, 11) is 1.42. The van der Waals surface area contributed by atoms with Crippen molar-refractivity contribution < 1.29 is 29.7 Å². The first-order valence-electron chi connectivity index (χ1n) is 11.0. The normalized spacial score (nSPS) is 21.5. The number of carboxylic acids is 1. The summed E-state index contributed by atoms with van der Waals surface area (Å²) in [6, 6.07) is -0.876. The van der Waals surface area contributed by atoms with Gasteiger partial charge in [-0.2, -0.15) is 0 Å². The van der Waals surface area contributed by atoms with Crippen molar-refractivity contribution in [3.8, 4) is 0 Å². The van der Waals surface area contributed by atoms with Gasteiger partial charge in [0.1, 0.15) is 11.3 Å². The third-order valence-corrected chi connectivity index (χ3v) is 5.35. The molecule has 3 unspecified atom stereocenters. The van der Waals surface area contributed by atoms with Crippen molar-refractivity contribution in [2.75, 3.05) is 7.05 Å². The third-order valence-electron chi connectivity index (χ3n) is 5.35. The minimum absolute atomic E-state index is 0.000991. The van der Waals surface area contributed by atoms with Gasteiger partial charge >= 0.3 is 5.97 Å². The predicted molar refractivity (Wildman–Crippen MR) is 128 cm³/mol. The van der Waals surface area contributed by atoms with Crippen LogP contribution in [0.4, 0.5) is 0 Å². The Morgan fingerprint density at radius 2 is 1.55 bits per heavy atom. The van der Waals surface area contributed by atoms with E-state index in [1.807, 2.05) is 52.0 Å². The standard InChI is InChI=1S/C26H35NO6/c1-17(2)24(31)19(4)16-18(3)12-10-8-6-7-9-11-13-21(28)23-25(32)20(14-15-22(29)30)27(5)26(23)33/h6-13,16-17,19-20,24,28,31H,14-15H2,1-5H3,(H,29,30). The van der Waals surface area contributed by atoms with Gasteiger partial charge in [-0.25, -0.2) is 0 Å². The van der Waals surface area contributed by atoms with Gasteiger partial charge in [0.15, 0.2) is 5.78 Å². The van der Waals surface area contributed by atoms with E-state index < -0.39 is 29.5 Å². The largest absolute Gasteiger partial charge is 0.507 e. The Morgan fingerprint density at radius 3 is 2.09 bits per heavy atom. The number of rotatable bonds is 11. The smallest absolute Gasteiger partial charge is 0.303 e. The van der Waals surface area contributed by atoms with Gasteiger partial charge in [0.05, 0.1) is 12.1 Å². The predicted octanol–water partition coefficient (Wildman–Crippen LogP) is 3.90. The van der Waals surface area contributed by atoms with E-state index >= 15 is 0 Å². The van der Waals surface area contributed by atoms with Crippen molar-refractivity contribution in [3.05, 3.63) is 71.6 Å².